The van der Waals surface area contributed by atoms with E-state index >= 15 is 0 Å². The van der Waals surface area contributed by atoms with Gasteiger partial charge < -0.3 is 14.6 Å². The summed E-state index contributed by atoms with van der Waals surface area (Å²) in [6.45, 7) is 42.0. The number of furan rings is 1. The van der Waals surface area contributed by atoms with Gasteiger partial charge in [0.2, 0.25) is 0 Å². The molecule has 0 saturated carbocycles. The van der Waals surface area contributed by atoms with Gasteiger partial charge in [0.25, 0.3) is 0 Å². The first kappa shape index (κ1) is 56.8. The van der Waals surface area contributed by atoms with Gasteiger partial charge in [-0.15, -0.1) is 0 Å². The summed E-state index contributed by atoms with van der Waals surface area (Å²) in [7, 11) is 7.81. The molecule has 0 amide bonds. The number of fused-ring (bicyclic) bond motifs is 5. The molecule has 0 fully saturated rings. The maximum Gasteiger partial charge on any atom is 0.133 e. The molecule has 4 nitrogen and oxygen atoms in total. The zero-order valence-corrected chi connectivity index (χ0v) is 49.8. The van der Waals surface area contributed by atoms with E-state index < -0.39 is 0 Å². The van der Waals surface area contributed by atoms with Gasteiger partial charge in [0, 0.05) is 44.6 Å². The van der Waals surface area contributed by atoms with Crippen molar-refractivity contribution in [2.45, 2.75) is 192 Å². The van der Waals surface area contributed by atoms with E-state index in [9.17, 15) is 5.21 Å². The quantitative estimate of drug-likeness (QED) is 0.147. The van der Waals surface area contributed by atoms with Crippen molar-refractivity contribution in [3.05, 3.63) is 171 Å². The number of benzene rings is 5. The van der Waals surface area contributed by atoms with Crippen LogP contribution in [0.3, 0.4) is 0 Å². The van der Waals surface area contributed by atoms with E-state index in [-0.39, 0.29) is 38.2 Å². The standard InChI is InChI=1S/C16H25NO.C12H15N.C12H14O.C12H16S2.C11H14S2/c1-14(2,3)11-8-9-12-13(10-11)16(6,7)17(18)15(12,4)5;1-12(2,3)10-5-4-6-11-9(10)7-8-13-11;1-12(2,3)10-4-5-11-9(8-10)6-7-13-11;1-12(2,3)11-5-4-9-7-13-14-8-10(9)6-11;1-11(2,3)9-5-4-6-10-8(9)7-12-13-10/h8-10,18H,1-7H3;4-8,13H,1-3H3;4-8H,1-3H3;4-6H,7-8H2,1-3H3;4-6H,7H2,1-3H3. The van der Waals surface area contributed by atoms with Crippen LogP contribution in [0.25, 0.3) is 21.9 Å². The fourth-order valence-corrected chi connectivity index (χ4v) is 14.1. The Balaban J connectivity index is 0.000000146. The second-order valence-electron chi connectivity index (χ2n) is 25.5. The zero-order chi connectivity index (χ0) is 52.5. The molecule has 0 atom stereocenters. The molecule has 0 saturated heterocycles. The van der Waals surface area contributed by atoms with Crippen LogP contribution in [0.2, 0.25) is 0 Å². The first-order valence-corrected chi connectivity index (χ1v) is 30.1. The maximum absolute atomic E-state index is 10.4. The van der Waals surface area contributed by atoms with Crippen LogP contribution in [0.5, 0.6) is 0 Å². The van der Waals surface area contributed by atoms with Crippen molar-refractivity contribution < 1.29 is 9.62 Å². The minimum atomic E-state index is -0.333. The second kappa shape index (κ2) is 21.8. The van der Waals surface area contributed by atoms with E-state index in [0.717, 1.165) is 5.58 Å². The molecular weight excluding hydrogens is 945 g/mol. The van der Waals surface area contributed by atoms with Crippen molar-refractivity contribution in [2.24, 2.45) is 0 Å². The van der Waals surface area contributed by atoms with Crippen molar-refractivity contribution >= 4 is 65.0 Å². The SMILES string of the molecule is CC(C)(C)c1ccc2c(c1)C(C)(C)N(O)C2(C)C.CC(C)(C)c1ccc2c(c1)CSSC2.CC(C)(C)c1ccc2occc2c1.CC(C)(C)c1cccc2[nH]ccc12.CC(C)(C)c1cccc2c1CSS2. The minimum Gasteiger partial charge on any atom is -0.464 e. The average Bonchev–Trinajstić information content (AvgIpc) is 4.10. The van der Waals surface area contributed by atoms with Gasteiger partial charge in [0.1, 0.15) is 5.58 Å². The predicted octanol–water partition coefficient (Wildman–Crippen LogP) is 20.0. The van der Waals surface area contributed by atoms with Crippen LogP contribution in [-0.2, 0) is 55.4 Å². The van der Waals surface area contributed by atoms with Gasteiger partial charge in [-0.25, -0.2) is 0 Å². The summed E-state index contributed by atoms with van der Waals surface area (Å²) in [6, 6.07) is 37.2. The largest absolute Gasteiger partial charge is 0.464 e. The van der Waals surface area contributed by atoms with Gasteiger partial charge in [-0.05, 0) is 147 Å². The molecule has 0 spiro atoms. The monoisotopic (exact) mass is 1030 g/mol. The van der Waals surface area contributed by atoms with E-state index in [1.54, 1.807) is 17.4 Å². The van der Waals surface area contributed by atoms with Crippen LogP contribution < -0.4 is 0 Å². The Hall–Kier alpha value is -3.50. The lowest BCUT2D eigenvalue weighted by Gasteiger charge is -2.34. The Bertz CT molecular complexity index is 2900. The highest BCUT2D eigenvalue weighted by Crippen LogP contribution is 2.50. The third-order valence-corrected chi connectivity index (χ3v) is 18.4. The van der Waals surface area contributed by atoms with Crippen molar-refractivity contribution in [1.29, 1.82) is 0 Å². The summed E-state index contributed by atoms with van der Waals surface area (Å²) in [5, 5.41) is 14.4. The van der Waals surface area contributed by atoms with Crippen LogP contribution in [-0.4, -0.2) is 15.3 Å². The molecule has 0 radical (unpaired) electrons. The van der Waals surface area contributed by atoms with Crippen molar-refractivity contribution in [1.82, 2.24) is 10.0 Å². The molecule has 0 unspecified atom stereocenters. The topological polar surface area (TPSA) is 52.4 Å². The fraction of sp³-hybridized carbons (Fsp3) is 0.460. The number of nitrogens with zero attached hydrogens (tertiary/aromatic N) is 1. The summed E-state index contributed by atoms with van der Waals surface area (Å²) in [4.78, 5) is 4.70. The lowest BCUT2D eigenvalue weighted by molar-refractivity contribution is -0.216. The van der Waals surface area contributed by atoms with E-state index in [2.05, 4.69) is 228 Å². The first-order chi connectivity index (χ1) is 32.8. The molecule has 0 bridgehead atoms. The summed E-state index contributed by atoms with van der Waals surface area (Å²) >= 11 is 0. The molecule has 5 aromatic carbocycles. The molecule has 10 rings (SSSR count). The third kappa shape index (κ3) is 13.6. The molecule has 0 aliphatic carbocycles. The van der Waals surface area contributed by atoms with E-state index in [4.69, 9.17) is 4.42 Å². The number of H-pyrrole nitrogens is 1. The number of hydrogen-bond acceptors (Lipinski definition) is 7. The van der Waals surface area contributed by atoms with Gasteiger partial charge >= 0.3 is 0 Å². The highest BCUT2D eigenvalue weighted by atomic mass is 33.1. The van der Waals surface area contributed by atoms with E-state index in [0.29, 0.717) is 0 Å². The summed E-state index contributed by atoms with van der Waals surface area (Å²) < 4.78 is 5.29. The maximum atomic E-state index is 10.4. The Morgan fingerprint density at radius 3 is 1.70 bits per heavy atom. The van der Waals surface area contributed by atoms with Crippen LogP contribution in [0.1, 0.15) is 187 Å². The summed E-state index contributed by atoms with van der Waals surface area (Å²) in [5.74, 6) is 3.52. The molecule has 7 aromatic rings. The van der Waals surface area contributed by atoms with Gasteiger partial charge in [-0.3, -0.25) is 0 Å². The Morgan fingerprint density at radius 2 is 1.07 bits per heavy atom. The molecular formula is C63H84N2O2S4. The summed E-state index contributed by atoms with van der Waals surface area (Å²) in [5.41, 5.74) is 16.8. The lowest BCUT2D eigenvalue weighted by Crippen LogP contribution is -2.42. The fourth-order valence-electron chi connectivity index (χ4n) is 9.38. The zero-order valence-electron chi connectivity index (χ0n) is 46.5. The van der Waals surface area contributed by atoms with Gasteiger partial charge in [0.15, 0.2) is 0 Å². The highest BCUT2D eigenvalue weighted by molar-refractivity contribution is 8.77. The first-order valence-electron chi connectivity index (χ1n) is 25.3. The van der Waals surface area contributed by atoms with E-state index in [1.807, 2.05) is 61.5 Å². The molecule has 3 aliphatic rings. The van der Waals surface area contributed by atoms with Crippen LogP contribution in [0.15, 0.2) is 125 Å². The molecule has 5 heterocycles. The number of rotatable bonds is 0. The average molecular weight is 1030 g/mol. The molecule has 71 heavy (non-hydrogen) atoms. The number of hydrogen-bond donors (Lipinski definition) is 2. The normalized spacial score (nSPS) is 16.2. The predicted molar refractivity (Wildman–Crippen MR) is 317 cm³/mol. The van der Waals surface area contributed by atoms with Crippen molar-refractivity contribution in [3.63, 3.8) is 0 Å². The van der Waals surface area contributed by atoms with E-state index in [1.165, 1.54) is 88.0 Å². The lowest BCUT2D eigenvalue weighted by atomic mass is 9.81. The number of hydroxylamine groups is 2. The van der Waals surface area contributed by atoms with Crippen LogP contribution >= 0.6 is 43.2 Å². The smallest absolute Gasteiger partial charge is 0.133 e. The van der Waals surface area contributed by atoms with Gasteiger partial charge in [0.05, 0.1) is 17.3 Å². The third-order valence-electron chi connectivity index (χ3n) is 13.9. The van der Waals surface area contributed by atoms with Crippen molar-refractivity contribution in [3.8, 4) is 0 Å². The number of aromatic amines is 1. The highest BCUT2D eigenvalue weighted by Gasteiger charge is 2.49. The number of nitrogens with one attached hydrogen (secondary N) is 1. The van der Waals surface area contributed by atoms with Gasteiger partial charge in [-0.2, -0.15) is 5.06 Å². The number of aromatic nitrogens is 1. The van der Waals surface area contributed by atoms with Gasteiger partial charge in [-0.1, -0.05) is 214 Å². The molecule has 8 heteroatoms. The molecule has 3 aliphatic heterocycles. The van der Waals surface area contributed by atoms with Crippen molar-refractivity contribution in [2.75, 3.05) is 0 Å². The Labute approximate surface area is 444 Å². The Kier molecular flexibility index (Phi) is 17.4. The van der Waals surface area contributed by atoms with Crippen LogP contribution in [0, 0.1) is 0 Å². The van der Waals surface area contributed by atoms with Crippen LogP contribution in [0.4, 0.5) is 0 Å². The molecule has 382 valence electrons. The molecule has 2 aromatic heterocycles. The minimum absolute atomic E-state index is 0.137. The molecule has 2 N–H and O–H groups in total. The summed E-state index contributed by atoms with van der Waals surface area (Å²) in [6.07, 6.45) is 3.73. The second-order valence-corrected chi connectivity index (χ2v) is 30.3. The Morgan fingerprint density at radius 1 is 0.521 bits per heavy atom.